The number of halogens is 2. The zero-order valence-corrected chi connectivity index (χ0v) is 17.2. The second-order valence-electron chi connectivity index (χ2n) is 6.71. The molecule has 0 spiro atoms. The topological polar surface area (TPSA) is 71.8 Å². The highest BCUT2D eigenvalue weighted by atomic mass is 35.5. The lowest BCUT2D eigenvalue weighted by atomic mass is 9.89. The first kappa shape index (κ1) is 21.9. The number of rotatable bonds is 4. The van der Waals surface area contributed by atoms with Crippen molar-refractivity contribution in [2.45, 2.75) is 32.2 Å². The molecular weight excluding hydrogens is 381 g/mol. The van der Waals surface area contributed by atoms with E-state index in [0.29, 0.717) is 6.54 Å². The summed E-state index contributed by atoms with van der Waals surface area (Å²) in [5, 5.41) is 11.7. The van der Waals surface area contributed by atoms with Crippen LogP contribution in [0.1, 0.15) is 35.2 Å². The number of aryl methyl sites for hydroxylation is 2. The van der Waals surface area contributed by atoms with Gasteiger partial charge in [-0.2, -0.15) is 5.10 Å². The van der Waals surface area contributed by atoms with Crippen LogP contribution in [-0.2, 0) is 17.4 Å². The molecule has 2 aromatic rings. The molecule has 9 heteroatoms. The summed E-state index contributed by atoms with van der Waals surface area (Å²) in [4.78, 5) is 18.4. The van der Waals surface area contributed by atoms with Gasteiger partial charge in [0.1, 0.15) is 5.01 Å². The van der Waals surface area contributed by atoms with Gasteiger partial charge in [0.05, 0.1) is 17.7 Å². The highest BCUT2D eigenvalue weighted by molar-refractivity contribution is 7.11. The van der Waals surface area contributed by atoms with Gasteiger partial charge in [0.15, 0.2) is 0 Å². The van der Waals surface area contributed by atoms with Gasteiger partial charge in [-0.25, -0.2) is 4.98 Å². The van der Waals surface area contributed by atoms with E-state index in [2.05, 4.69) is 20.7 Å². The maximum Gasteiger partial charge on any atom is 0.225 e. The van der Waals surface area contributed by atoms with Crippen LogP contribution in [0.3, 0.4) is 0 Å². The van der Waals surface area contributed by atoms with E-state index >= 15 is 0 Å². The van der Waals surface area contributed by atoms with E-state index in [1.54, 1.807) is 16.0 Å². The first-order chi connectivity index (χ1) is 10.9. The van der Waals surface area contributed by atoms with Gasteiger partial charge >= 0.3 is 0 Å². The third-order valence-electron chi connectivity index (χ3n) is 4.30. The zero-order valence-electron chi connectivity index (χ0n) is 14.8. The average Bonchev–Trinajstić information content (AvgIpc) is 3.17. The molecule has 2 N–H and O–H groups in total. The number of aromatic nitrogens is 3. The normalized spacial score (nSPS) is 19.8. The molecule has 25 heavy (non-hydrogen) atoms. The SMILES string of the molecule is Cc1cnc(C(C)(C)NC(=O)[C@H]2CNC[C@@H]2c2cnn(C)c2)s1.Cl.Cl. The molecule has 0 unspecified atom stereocenters. The van der Waals surface area contributed by atoms with Crippen LogP contribution < -0.4 is 10.6 Å². The Hall–Kier alpha value is -1.15. The van der Waals surface area contributed by atoms with E-state index in [9.17, 15) is 4.79 Å². The van der Waals surface area contributed by atoms with Crippen molar-refractivity contribution >= 4 is 42.1 Å². The average molecular weight is 406 g/mol. The fraction of sp³-hybridized carbons (Fsp3) is 0.562. The van der Waals surface area contributed by atoms with Crippen LogP contribution in [0.5, 0.6) is 0 Å². The van der Waals surface area contributed by atoms with Crippen molar-refractivity contribution in [2.24, 2.45) is 13.0 Å². The molecule has 0 bridgehead atoms. The smallest absolute Gasteiger partial charge is 0.225 e. The van der Waals surface area contributed by atoms with E-state index in [4.69, 9.17) is 0 Å². The maximum atomic E-state index is 12.8. The van der Waals surface area contributed by atoms with Crippen LogP contribution in [0.2, 0.25) is 0 Å². The summed E-state index contributed by atoms with van der Waals surface area (Å²) < 4.78 is 1.78. The molecule has 0 aromatic carbocycles. The lowest BCUT2D eigenvalue weighted by Gasteiger charge is -2.27. The Kier molecular flexibility index (Phi) is 7.43. The van der Waals surface area contributed by atoms with Crippen molar-refractivity contribution in [1.29, 1.82) is 0 Å². The lowest BCUT2D eigenvalue weighted by molar-refractivity contribution is -0.126. The summed E-state index contributed by atoms with van der Waals surface area (Å²) in [7, 11) is 1.90. The van der Waals surface area contributed by atoms with Crippen LogP contribution in [0.15, 0.2) is 18.6 Å². The van der Waals surface area contributed by atoms with Crippen molar-refractivity contribution < 1.29 is 4.79 Å². The van der Waals surface area contributed by atoms with Gasteiger partial charge in [0.2, 0.25) is 5.91 Å². The number of nitrogens with zero attached hydrogens (tertiary/aromatic N) is 3. The monoisotopic (exact) mass is 405 g/mol. The predicted octanol–water partition coefficient (Wildman–Crippen LogP) is 2.38. The molecule has 1 saturated heterocycles. The lowest BCUT2D eigenvalue weighted by Crippen LogP contribution is -2.45. The molecule has 140 valence electrons. The molecule has 0 saturated carbocycles. The van der Waals surface area contributed by atoms with E-state index < -0.39 is 5.54 Å². The number of carbonyl (C=O) groups is 1. The number of hydrogen-bond acceptors (Lipinski definition) is 5. The van der Waals surface area contributed by atoms with Crippen LogP contribution in [-0.4, -0.2) is 33.8 Å². The summed E-state index contributed by atoms with van der Waals surface area (Å²) >= 11 is 1.62. The molecule has 1 aliphatic rings. The summed E-state index contributed by atoms with van der Waals surface area (Å²) in [6.45, 7) is 7.53. The van der Waals surface area contributed by atoms with Crippen LogP contribution in [0.25, 0.3) is 0 Å². The van der Waals surface area contributed by atoms with Crippen molar-refractivity contribution in [1.82, 2.24) is 25.4 Å². The van der Waals surface area contributed by atoms with Gasteiger partial charge in [-0.1, -0.05) is 0 Å². The van der Waals surface area contributed by atoms with Crippen LogP contribution >= 0.6 is 36.2 Å². The number of hydrogen-bond donors (Lipinski definition) is 2. The Bertz CT molecular complexity index is 715. The number of amides is 1. The summed E-state index contributed by atoms with van der Waals surface area (Å²) in [5.74, 6) is 0.152. The minimum atomic E-state index is -0.460. The third-order valence-corrected chi connectivity index (χ3v) is 5.53. The summed E-state index contributed by atoms with van der Waals surface area (Å²) in [5.41, 5.74) is 0.651. The number of nitrogens with one attached hydrogen (secondary N) is 2. The number of thiazole rings is 1. The molecule has 2 aromatic heterocycles. The Morgan fingerprint density at radius 3 is 2.64 bits per heavy atom. The summed E-state index contributed by atoms with van der Waals surface area (Å²) in [6, 6.07) is 0. The highest BCUT2D eigenvalue weighted by Crippen LogP contribution is 2.30. The van der Waals surface area contributed by atoms with Gasteiger partial charge < -0.3 is 10.6 Å². The molecule has 6 nitrogen and oxygen atoms in total. The van der Waals surface area contributed by atoms with Gasteiger partial charge in [-0.15, -0.1) is 36.2 Å². The van der Waals surface area contributed by atoms with Gasteiger partial charge in [0.25, 0.3) is 0 Å². The van der Waals surface area contributed by atoms with Gasteiger partial charge in [-0.3, -0.25) is 9.48 Å². The molecule has 3 heterocycles. The van der Waals surface area contributed by atoms with E-state index in [1.165, 1.54) is 0 Å². The van der Waals surface area contributed by atoms with Gasteiger partial charge in [0, 0.05) is 43.3 Å². The Balaban J connectivity index is 0.00000156. The van der Waals surface area contributed by atoms with Crippen LogP contribution in [0.4, 0.5) is 0 Å². The molecule has 1 aliphatic heterocycles. The molecule has 0 radical (unpaired) electrons. The molecule has 1 fully saturated rings. The molecule has 2 atom stereocenters. The first-order valence-electron chi connectivity index (χ1n) is 7.81. The van der Waals surface area contributed by atoms with Crippen molar-refractivity contribution in [3.8, 4) is 0 Å². The summed E-state index contributed by atoms with van der Waals surface area (Å²) in [6.07, 6.45) is 5.70. The van der Waals surface area contributed by atoms with E-state index in [-0.39, 0.29) is 42.6 Å². The second kappa shape index (κ2) is 8.49. The minimum Gasteiger partial charge on any atom is -0.344 e. The van der Waals surface area contributed by atoms with Crippen molar-refractivity contribution in [2.75, 3.05) is 13.1 Å². The van der Waals surface area contributed by atoms with Crippen molar-refractivity contribution in [3.05, 3.63) is 34.0 Å². The fourth-order valence-corrected chi connectivity index (χ4v) is 3.86. The molecule has 3 rings (SSSR count). The maximum absolute atomic E-state index is 12.8. The Labute approximate surface area is 164 Å². The standard InChI is InChI=1S/C16H23N5OS.2ClH/c1-10-5-18-15(23-10)16(2,3)20-14(22)13-8-17-7-12(13)11-6-19-21(4)9-11;;/h5-6,9,12-13,17H,7-8H2,1-4H3,(H,20,22);2*1H/t12-,13+;;/m1../s1. The van der Waals surface area contributed by atoms with Crippen LogP contribution in [0, 0.1) is 12.8 Å². The van der Waals surface area contributed by atoms with Gasteiger partial charge in [-0.05, 0) is 26.3 Å². The molecule has 0 aliphatic carbocycles. The first-order valence-corrected chi connectivity index (χ1v) is 8.62. The third kappa shape index (κ3) is 4.73. The predicted molar refractivity (Wildman–Crippen MR) is 105 cm³/mol. The largest absolute Gasteiger partial charge is 0.344 e. The zero-order chi connectivity index (χ0) is 16.6. The fourth-order valence-electron chi connectivity index (χ4n) is 3.03. The van der Waals surface area contributed by atoms with E-state index in [0.717, 1.165) is 22.0 Å². The number of carbonyl (C=O) groups excluding carboxylic acids is 1. The minimum absolute atomic E-state index is 0. The van der Waals surface area contributed by atoms with Crippen molar-refractivity contribution in [3.63, 3.8) is 0 Å². The Morgan fingerprint density at radius 2 is 2.08 bits per heavy atom. The molecular formula is C16H25Cl2N5OS. The quantitative estimate of drug-likeness (QED) is 0.818. The molecule has 1 amide bonds. The highest BCUT2D eigenvalue weighted by Gasteiger charge is 2.37. The second-order valence-corrected chi connectivity index (χ2v) is 7.94. The Morgan fingerprint density at radius 1 is 1.36 bits per heavy atom. The van der Waals surface area contributed by atoms with E-state index in [1.807, 2.05) is 46.4 Å².